The fourth-order valence-corrected chi connectivity index (χ4v) is 2.09. The molecule has 2 rings (SSSR count). The van der Waals surface area contributed by atoms with Gasteiger partial charge in [0.2, 0.25) is 0 Å². The van der Waals surface area contributed by atoms with Crippen molar-refractivity contribution in [3.05, 3.63) is 11.9 Å². The van der Waals surface area contributed by atoms with Crippen molar-refractivity contribution in [1.29, 1.82) is 0 Å². The van der Waals surface area contributed by atoms with Crippen LogP contribution in [0.15, 0.2) is 6.20 Å². The van der Waals surface area contributed by atoms with E-state index in [1.165, 1.54) is 0 Å². The van der Waals surface area contributed by atoms with E-state index in [4.69, 9.17) is 4.74 Å². The maximum absolute atomic E-state index is 9.47. The molecule has 1 fully saturated rings. The highest BCUT2D eigenvalue weighted by molar-refractivity contribution is 4.99. The van der Waals surface area contributed by atoms with Crippen molar-refractivity contribution in [2.24, 2.45) is 12.5 Å². The minimum absolute atomic E-state index is 0.145. The molecule has 0 aliphatic carbocycles. The normalized spacial score (nSPS) is 26.8. The van der Waals surface area contributed by atoms with Crippen molar-refractivity contribution in [2.45, 2.75) is 19.3 Å². The molecule has 1 saturated heterocycles. The molecule has 1 unspecified atom stereocenters. The Kier molecular flexibility index (Phi) is 3.02. The SMILES string of the molecule is Cn1cc(CC2(CO)CCCOC2)nn1. The summed E-state index contributed by atoms with van der Waals surface area (Å²) in [7, 11) is 1.85. The van der Waals surface area contributed by atoms with Crippen LogP contribution >= 0.6 is 0 Å². The lowest BCUT2D eigenvalue weighted by Gasteiger charge is -2.34. The fourth-order valence-electron chi connectivity index (χ4n) is 2.09. The Hall–Kier alpha value is -0.940. The van der Waals surface area contributed by atoms with Crippen molar-refractivity contribution in [3.63, 3.8) is 0 Å². The third-order valence-corrected chi connectivity index (χ3v) is 2.95. The van der Waals surface area contributed by atoms with Gasteiger partial charge in [-0.2, -0.15) is 0 Å². The second kappa shape index (κ2) is 4.28. The van der Waals surface area contributed by atoms with E-state index in [0.717, 1.165) is 31.6 Å². The van der Waals surface area contributed by atoms with Crippen LogP contribution in [-0.4, -0.2) is 39.9 Å². The number of aliphatic hydroxyl groups is 1. The minimum Gasteiger partial charge on any atom is -0.396 e. The Morgan fingerprint density at radius 3 is 3.07 bits per heavy atom. The summed E-state index contributed by atoms with van der Waals surface area (Å²) in [5, 5.41) is 17.4. The number of aromatic nitrogens is 3. The number of rotatable bonds is 3. The van der Waals surface area contributed by atoms with E-state index in [2.05, 4.69) is 10.3 Å². The second-order valence-electron chi connectivity index (χ2n) is 4.37. The summed E-state index contributed by atoms with van der Waals surface area (Å²) < 4.78 is 7.12. The van der Waals surface area contributed by atoms with Gasteiger partial charge in [0.05, 0.1) is 18.9 Å². The molecule has 0 aromatic carbocycles. The molecule has 0 saturated carbocycles. The first-order valence-corrected chi connectivity index (χ1v) is 5.28. The lowest BCUT2D eigenvalue weighted by Crippen LogP contribution is -2.37. The van der Waals surface area contributed by atoms with Gasteiger partial charge in [0, 0.05) is 31.7 Å². The largest absolute Gasteiger partial charge is 0.396 e. The Bertz CT molecular complexity index is 318. The Balaban J connectivity index is 2.06. The standard InChI is InChI=1S/C10H17N3O2/c1-13-6-9(11-12-13)5-10(7-14)3-2-4-15-8-10/h6,14H,2-5,7-8H2,1H3. The second-order valence-corrected chi connectivity index (χ2v) is 4.37. The van der Waals surface area contributed by atoms with E-state index in [9.17, 15) is 5.11 Å². The molecule has 0 bridgehead atoms. The summed E-state index contributed by atoms with van der Waals surface area (Å²) in [6.07, 6.45) is 4.66. The number of aryl methyl sites for hydroxylation is 1. The summed E-state index contributed by atoms with van der Waals surface area (Å²) in [6.45, 7) is 1.59. The van der Waals surface area contributed by atoms with E-state index < -0.39 is 0 Å². The zero-order valence-corrected chi connectivity index (χ0v) is 9.02. The van der Waals surface area contributed by atoms with Crippen LogP contribution in [0.3, 0.4) is 0 Å². The van der Waals surface area contributed by atoms with Crippen LogP contribution in [0.4, 0.5) is 0 Å². The van der Waals surface area contributed by atoms with Crippen LogP contribution in [-0.2, 0) is 18.2 Å². The van der Waals surface area contributed by atoms with Gasteiger partial charge >= 0.3 is 0 Å². The summed E-state index contributed by atoms with van der Waals surface area (Å²) in [5.74, 6) is 0. The maximum atomic E-state index is 9.47. The lowest BCUT2D eigenvalue weighted by atomic mass is 9.79. The van der Waals surface area contributed by atoms with Crippen molar-refractivity contribution in [1.82, 2.24) is 15.0 Å². The van der Waals surface area contributed by atoms with Gasteiger partial charge in [-0.1, -0.05) is 5.21 Å². The number of hydrogen-bond acceptors (Lipinski definition) is 4. The zero-order valence-electron chi connectivity index (χ0n) is 9.02. The average Bonchev–Trinajstić information content (AvgIpc) is 2.65. The van der Waals surface area contributed by atoms with E-state index in [1.807, 2.05) is 13.2 Å². The first-order valence-electron chi connectivity index (χ1n) is 5.28. The lowest BCUT2D eigenvalue weighted by molar-refractivity contribution is -0.0383. The van der Waals surface area contributed by atoms with Gasteiger partial charge in [0.15, 0.2) is 0 Å². The Labute approximate surface area is 89.0 Å². The van der Waals surface area contributed by atoms with Gasteiger partial charge in [-0.25, -0.2) is 0 Å². The fraction of sp³-hybridized carbons (Fsp3) is 0.800. The molecule has 1 aromatic heterocycles. The molecule has 1 aromatic rings. The number of aliphatic hydroxyl groups excluding tert-OH is 1. The quantitative estimate of drug-likeness (QED) is 0.773. The van der Waals surface area contributed by atoms with Crippen LogP contribution in [0.1, 0.15) is 18.5 Å². The zero-order chi connectivity index (χ0) is 10.7. The topological polar surface area (TPSA) is 60.2 Å². The summed E-state index contributed by atoms with van der Waals surface area (Å²) >= 11 is 0. The first kappa shape index (κ1) is 10.6. The molecule has 0 radical (unpaired) electrons. The molecule has 5 nitrogen and oxygen atoms in total. The smallest absolute Gasteiger partial charge is 0.0834 e. The van der Waals surface area contributed by atoms with Crippen LogP contribution in [0, 0.1) is 5.41 Å². The Morgan fingerprint density at radius 2 is 2.53 bits per heavy atom. The number of hydrogen-bond donors (Lipinski definition) is 1. The van der Waals surface area contributed by atoms with Crippen LogP contribution < -0.4 is 0 Å². The third-order valence-electron chi connectivity index (χ3n) is 2.95. The highest BCUT2D eigenvalue weighted by Crippen LogP contribution is 2.31. The van der Waals surface area contributed by atoms with Gasteiger partial charge in [-0.15, -0.1) is 5.10 Å². The molecule has 0 spiro atoms. The van der Waals surface area contributed by atoms with E-state index in [-0.39, 0.29) is 12.0 Å². The molecule has 1 aliphatic heterocycles. The molecular formula is C10H17N3O2. The number of ether oxygens (including phenoxy) is 1. The maximum Gasteiger partial charge on any atom is 0.0834 e. The highest BCUT2D eigenvalue weighted by Gasteiger charge is 2.33. The molecule has 2 heterocycles. The van der Waals surface area contributed by atoms with Gasteiger partial charge in [-0.3, -0.25) is 4.68 Å². The monoisotopic (exact) mass is 211 g/mol. The van der Waals surface area contributed by atoms with Crippen molar-refractivity contribution in [3.8, 4) is 0 Å². The molecule has 1 atom stereocenters. The van der Waals surface area contributed by atoms with E-state index in [1.54, 1.807) is 4.68 Å². The summed E-state index contributed by atoms with van der Waals surface area (Å²) in [5.41, 5.74) is 0.783. The predicted octanol–water partition coefficient (Wildman–Crippen LogP) is 0.147. The molecule has 1 aliphatic rings. The third kappa shape index (κ3) is 2.35. The Morgan fingerprint density at radius 1 is 1.67 bits per heavy atom. The van der Waals surface area contributed by atoms with E-state index >= 15 is 0 Å². The summed E-state index contributed by atoms with van der Waals surface area (Å²) in [4.78, 5) is 0. The molecule has 5 heteroatoms. The first-order chi connectivity index (χ1) is 7.24. The van der Waals surface area contributed by atoms with Gasteiger partial charge in [-0.05, 0) is 12.8 Å². The van der Waals surface area contributed by atoms with Gasteiger partial charge in [0.1, 0.15) is 0 Å². The predicted molar refractivity (Wildman–Crippen MR) is 54.3 cm³/mol. The molecule has 0 amide bonds. The van der Waals surface area contributed by atoms with Gasteiger partial charge in [0.25, 0.3) is 0 Å². The van der Waals surface area contributed by atoms with Crippen LogP contribution in [0.2, 0.25) is 0 Å². The molecule has 15 heavy (non-hydrogen) atoms. The molecule has 84 valence electrons. The minimum atomic E-state index is -0.145. The van der Waals surface area contributed by atoms with Crippen molar-refractivity contribution < 1.29 is 9.84 Å². The van der Waals surface area contributed by atoms with Crippen molar-refractivity contribution >= 4 is 0 Å². The molecule has 1 N–H and O–H groups in total. The van der Waals surface area contributed by atoms with Gasteiger partial charge < -0.3 is 9.84 Å². The van der Waals surface area contributed by atoms with Crippen LogP contribution in [0.25, 0.3) is 0 Å². The molecular weight excluding hydrogens is 194 g/mol. The summed E-state index contributed by atoms with van der Waals surface area (Å²) in [6, 6.07) is 0. The van der Waals surface area contributed by atoms with Crippen LogP contribution in [0.5, 0.6) is 0 Å². The van der Waals surface area contributed by atoms with Crippen molar-refractivity contribution in [2.75, 3.05) is 19.8 Å². The highest BCUT2D eigenvalue weighted by atomic mass is 16.5. The average molecular weight is 211 g/mol. The van der Waals surface area contributed by atoms with E-state index in [0.29, 0.717) is 6.61 Å². The number of nitrogens with zero attached hydrogens (tertiary/aromatic N) is 3.